The summed E-state index contributed by atoms with van der Waals surface area (Å²) >= 11 is 0. The van der Waals surface area contributed by atoms with Crippen molar-refractivity contribution in [1.29, 1.82) is 0 Å². The molecule has 0 saturated heterocycles. The summed E-state index contributed by atoms with van der Waals surface area (Å²) in [6, 6.07) is 9.12. The first-order valence-electron chi connectivity index (χ1n) is 6.11. The average molecular weight is 248 g/mol. The van der Waals surface area contributed by atoms with Crippen LogP contribution in [0.1, 0.15) is 38.4 Å². The quantitative estimate of drug-likeness (QED) is 0.478. The molecule has 0 radical (unpaired) electrons. The van der Waals surface area contributed by atoms with Crippen molar-refractivity contribution < 1.29 is 14.6 Å². The van der Waals surface area contributed by atoms with Crippen molar-refractivity contribution in [1.82, 2.24) is 0 Å². The molecule has 18 heavy (non-hydrogen) atoms. The monoisotopic (exact) mass is 248 g/mol. The highest BCUT2D eigenvalue weighted by Crippen LogP contribution is 2.16. The Morgan fingerprint density at radius 1 is 1.33 bits per heavy atom. The number of rotatable bonds is 6. The van der Waals surface area contributed by atoms with E-state index in [2.05, 4.69) is 0 Å². The van der Waals surface area contributed by atoms with E-state index in [9.17, 15) is 9.90 Å². The van der Waals surface area contributed by atoms with Crippen LogP contribution in [-0.2, 0) is 9.53 Å². The minimum atomic E-state index is -0.790. The summed E-state index contributed by atoms with van der Waals surface area (Å²) in [4.78, 5) is 11.5. The first-order valence-corrected chi connectivity index (χ1v) is 6.11. The Kier molecular flexibility index (Phi) is 6.15. The molecule has 0 aliphatic carbocycles. The molecule has 0 saturated carbocycles. The van der Waals surface area contributed by atoms with E-state index >= 15 is 0 Å². The smallest absolute Gasteiger partial charge is 0.308 e. The van der Waals surface area contributed by atoms with Crippen molar-refractivity contribution in [3.8, 4) is 0 Å². The Hall–Kier alpha value is -1.61. The van der Waals surface area contributed by atoms with Gasteiger partial charge < -0.3 is 9.84 Å². The molecule has 0 aromatic heterocycles. The second-order valence-electron chi connectivity index (χ2n) is 4.42. The number of allylic oxidation sites excluding steroid dienone is 1. The van der Waals surface area contributed by atoms with Crippen LogP contribution in [0.5, 0.6) is 0 Å². The zero-order valence-electron chi connectivity index (χ0n) is 10.9. The molecule has 0 aliphatic rings. The molecule has 1 atom stereocenters. The summed E-state index contributed by atoms with van der Waals surface area (Å²) in [5.41, 5.74) is 1.94. The maximum Gasteiger partial charge on any atom is 0.308 e. The van der Waals surface area contributed by atoms with Gasteiger partial charge in [0.25, 0.3) is 0 Å². The molecule has 0 fully saturated rings. The summed E-state index contributed by atoms with van der Waals surface area (Å²) in [7, 11) is 0. The van der Waals surface area contributed by atoms with Crippen molar-refractivity contribution in [3.63, 3.8) is 0 Å². The second kappa shape index (κ2) is 7.67. The van der Waals surface area contributed by atoms with Gasteiger partial charge in [-0.1, -0.05) is 42.0 Å². The van der Waals surface area contributed by atoms with Gasteiger partial charge in [0, 0.05) is 0 Å². The first kappa shape index (κ1) is 14.5. The number of benzene rings is 1. The Morgan fingerprint density at radius 2 is 2.00 bits per heavy atom. The number of esters is 1. The minimum absolute atomic E-state index is 0.00116. The van der Waals surface area contributed by atoms with Crippen LogP contribution in [0.15, 0.2) is 42.0 Å². The van der Waals surface area contributed by atoms with Crippen molar-refractivity contribution in [2.24, 2.45) is 0 Å². The van der Waals surface area contributed by atoms with Gasteiger partial charge in [0.15, 0.2) is 0 Å². The van der Waals surface area contributed by atoms with Gasteiger partial charge in [-0.2, -0.15) is 0 Å². The number of aliphatic hydroxyl groups excluding tert-OH is 1. The third-order valence-corrected chi connectivity index (χ3v) is 2.48. The van der Waals surface area contributed by atoms with Crippen molar-refractivity contribution >= 4 is 5.97 Å². The summed E-state index contributed by atoms with van der Waals surface area (Å²) in [6.45, 7) is 4.37. The maximum absolute atomic E-state index is 11.5. The van der Waals surface area contributed by atoms with Gasteiger partial charge in [0.1, 0.15) is 0 Å². The number of ether oxygens (including phenoxy) is 1. The molecule has 0 spiro atoms. The minimum Gasteiger partial charge on any atom is -0.465 e. The van der Waals surface area contributed by atoms with Gasteiger partial charge >= 0.3 is 5.97 Å². The fourth-order valence-electron chi connectivity index (χ4n) is 1.53. The molecule has 0 bridgehead atoms. The molecular weight excluding hydrogens is 228 g/mol. The van der Waals surface area contributed by atoms with Crippen LogP contribution in [0.25, 0.3) is 0 Å². The van der Waals surface area contributed by atoms with E-state index in [0.29, 0.717) is 6.61 Å². The first-order chi connectivity index (χ1) is 8.59. The highest BCUT2D eigenvalue weighted by atomic mass is 16.5. The standard InChI is InChI=1S/C15H20O3/c1-12(2)7-6-10-18-15(17)11-14(16)13-8-4-3-5-9-13/h3-5,7-9,14,16H,6,10-11H2,1-2H3. The molecule has 3 heteroatoms. The van der Waals surface area contributed by atoms with E-state index in [1.54, 1.807) is 12.1 Å². The summed E-state index contributed by atoms with van der Waals surface area (Å²) < 4.78 is 5.04. The lowest BCUT2D eigenvalue weighted by atomic mass is 10.1. The fraction of sp³-hybridized carbons (Fsp3) is 0.400. The summed E-state index contributed by atoms with van der Waals surface area (Å²) in [5.74, 6) is -0.367. The lowest BCUT2D eigenvalue weighted by Gasteiger charge is -2.10. The van der Waals surface area contributed by atoms with Crippen LogP contribution in [0.3, 0.4) is 0 Å². The zero-order chi connectivity index (χ0) is 13.4. The van der Waals surface area contributed by atoms with E-state index in [0.717, 1.165) is 12.0 Å². The average Bonchev–Trinajstić information content (AvgIpc) is 2.35. The molecular formula is C15H20O3. The fourth-order valence-corrected chi connectivity index (χ4v) is 1.53. The van der Waals surface area contributed by atoms with E-state index in [-0.39, 0.29) is 12.4 Å². The maximum atomic E-state index is 11.5. The highest BCUT2D eigenvalue weighted by Gasteiger charge is 2.13. The van der Waals surface area contributed by atoms with E-state index < -0.39 is 6.10 Å². The predicted octanol–water partition coefficient (Wildman–Crippen LogP) is 3.01. The topological polar surface area (TPSA) is 46.5 Å². The molecule has 1 unspecified atom stereocenters. The van der Waals surface area contributed by atoms with Crippen LogP contribution < -0.4 is 0 Å². The molecule has 1 rings (SSSR count). The largest absolute Gasteiger partial charge is 0.465 e. The zero-order valence-corrected chi connectivity index (χ0v) is 10.9. The van der Waals surface area contributed by atoms with E-state index in [4.69, 9.17) is 4.74 Å². The molecule has 1 aromatic carbocycles. The number of aliphatic hydroxyl groups is 1. The number of carbonyl (C=O) groups excluding carboxylic acids is 1. The van der Waals surface area contributed by atoms with Crippen LogP contribution >= 0.6 is 0 Å². The van der Waals surface area contributed by atoms with Crippen LogP contribution in [0, 0.1) is 0 Å². The molecule has 1 aromatic rings. The van der Waals surface area contributed by atoms with Crippen molar-refractivity contribution in [3.05, 3.63) is 47.5 Å². The summed E-state index contributed by atoms with van der Waals surface area (Å²) in [5, 5.41) is 9.82. The van der Waals surface area contributed by atoms with Gasteiger partial charge in [-0.25, -0.2) is 0 Å². The van der Waals surface area contributed by atoms with Gasteiger partial charge in [0.05, 0.1) is 19.1 Å². The Bertz CT molecular complexity index is 391. The molecule has 1 N–H and O–H groups in total. The van der Waals surface area contributed by atoms with Crippen molar-refractivity contribution in [2.75, 3.05) is 6.61 Å². The molecule has 3 nitrogen and oxygen atoms in total. The predicted molar refractivity (Wildman–Crippen MR) is 71.0 cm³/mol. The van der Waals surface area contributed by atoms with Gasteiger partial charge in [-0.15, -0.1) is 0 Å². The molecule has 0 aliphatic heterocycles. The Labute approximate surface area is 108 Å². The van der Waals surface area contributed by atoms with E-state index in [1.807, 2.05) is 38.1 Å². The molecule has 0 heterocycles. The summed E-state index contributed by atoms with van der Waals surface area (Å²) in [6.07, 6.45) is 1.94. The Morgan fingerprint density at radius 3 is 2.61 bits per heavy atom. The van der Waals surface area contributed by atoms with Gasteiger partial charge in [-0.05, 0) is 25.8 Å². The number of hydrogen-bond acceptors (Lipinski definition) is 3. The highest BCUT2D eigenvalue weighted by molar-refractivity contribution is 5.70. The molecule has 0 amide bonds. The van der Waals surface area contributed by atoms with Crippen molar-refractivity contribution in [2.45, 2.75) is 32.8 Å². The van der Waals surface area contributed by atoms with Crippen LogP contribution in [0.4, 0.5) is 0 Å². The number of hydrogen-bond donors (Lipinski definition) is 1. The Balaban J connectivity index is 2.30. The third-order valence-electron chi connectivity index (χ3n) is 2.48. The van der Waals surface area contributed by atoms with Crippen LogP contribution in [-0.4, -0.2) is 17.7 Å². The lowest BCUT2D eigenvalue weighted by Crippen LogP contribution is -2.10. The van der Waals surface area contributed by atoms with Gasteiger partial charge in [-0.3, -0.25) is 4.79 Å². The second-order valence-corrected chi connectivity index (χ2v) is 4.42. The molecule has 98 valence electrons. The van der Waals surface area contributed by atoms with E-state index in [1.165, 1.54) is 5.57 Å². The van der Waals surface area contributed by atoms with Crippen LogP contribution in [0.2, 0.25) is 0 Å². The lowest BCUT2D eigenvalue weighted by molar-refractivity contribution is -0.145. The normalized spacial score (nSPS) is 11.7. The van der Waals surface area contributed by atoms with Gasteiger partial charge in [0.2, 0.25) is 0 Å². The third kappa shape index (κ3) is 5.64. The SMILES string of the molecule is CC(C)=CCCOC(=O)CC(O)c1ccccc1. The number of carbonyl (C=O) groups is 1.